The van der Waals surface area contributed by atoms with Gasteiger partial charge in [0.2, 0.25) is 0 Å². The minimum absolute atomic E-state index is 0.303. The zero-order valence-corrected chi connectivity index (χ0v) is 7.90. The van der Waals surface area contributed by atoms with Crippen molar-refractivity contribution >= 4 is 10.2 Å². The van der Waals surface area contributed by atoms with E-state index in [0.717, 1.165) is 0 Å². The van der Waals surface area contributed by atoms with E-state index < -0.39 is 10.2 Å². The lowest BCUT2D eigenvalue weighted by atomic mass is 10.1. The van der Waals surface area contributed by atoms with Crippen molar-refractivity contribution in [2.75, 3.05) is 13.1 Å². The lowest BCUT2D eigenvalue weighted by Crippen LogP contribution is -2.43. The summed E-state index contributed by atoms with van der Waals surface area (Å²) in [6.45, 7) is 6.76. The van der Waals surface area contributed by atoms with Gasteiger partial charge in [0.15, 0.2) is 0 Å². The average molecular weight is 178 g/mol. The summed E-state index contributed by atoms with van der Waals surface area (Å²) in [6, 6.07) is 0. The molecule has 1 rings (SSSR count). The fourth-order valence-electron chi connectivity index (χ4n) is 1.17. The van der Waals surface area contributed by atoms with Crippen molar-refractivity contribution in [3.8, 4) is 0 Å². The van der Waals surface area contributed by atoms with Gasteiger partial charge in [-0.3, -0.25) is 0 Å². The SMILES string of the molecule is CC(C)(C)N1CCNS1(=O)=O. The monoisotopic (exact) mass is 178 g/mol. The molecule has 0 radical (unpaired) electrons. The first-order valence-electron chi connectivity index (χ1n) is 3.61. The van der Waals surface area contributed by atoms with E-state index in [4.69, 9.17) is 0 Å². The van der Waals surface area contributed by atoms with Crippen LogP contribution in [-0.2, 0) is 10.2 Å². The maximum Gasteiger partial charge on any atom is 0.280 e. The molecule has 1 fully saturated rings. The quantitative estimate of drug-likeness (QED) is 0.564. The van der Waals surface area contributed by atoms with E-state index in [1.54, 1.807) is 0 Å². The van der Waals surface area contributed by atoms with Gasteiger partial charge in [0, 0.05) is 18.6 Å². The third-order valence-electron chi connectivity index (χ3n) is 1.64. The van der Waals surface area contributed by atoms with Crippen LogP contribution in [0.1, 0.15) is 20.8 Å². The molecule has 0 amide bonds. The Bertz CT molecular complexity index is 240. The van der Waals surface area contributed by atoms with E-state index in [1.165, 1.54) is 4.31 Å². The molecule has 1 heterocycles. The van der Waals surface area contributed by atoms with Gasteiger partial charge in [0.05, 0.1) is 0 Å². The molecule has 0 aromatic heterocycles. The van der Waals surface area contributed by atoms with Crippen LogP contribution in [0.3, 0.4) is 0 Å². The van der Waals surface area contributed by atoms with Crippen molar-refractivity contribution in [1.29, 1.82) is 0 Å². The van der Waals surface area contributed by atoms with Crippen LogP contribution in [0.25, 0.3) is 0 Å². The Morgan fingerprint density at radius 3 is 2.09 bits per heavy atom. The number of nitrogens with one attached hydrogen (secondary N) is 1. The van der Waals surface area contributed by atoms with E-state index in [2.05, 4.69) is 4.72 Å². The van der Waals surface area contributed by atoms with Crippen LogP contribution in [-0.4, -0.2) is 31.4 Å². The summed E-state index contributed by atoms with van der Waals surface area (Å²) < 4.78 is 26.4. The Kier molecular flexibility index (Phi) is 1.98. The Balaban J connectivity index is 2.91. The standard InChI is InChI=1S/C6H14N2O2S/c1-6(2,3)8-5-4-7-11(8,9)10/h7H,4-5H2,1-3H3. The van der Waals surface area contributed by atoms with Gasteiger partial charge in [-0.1, -0.05) is 0 Å². The van der Waals surface area contributed by atoms with Gasteiger partial charge in [0.1, 0.15) is 0 Å². The molecule has 1 aliphatic rings. The topological polar surface area (TPSA) is 49.4 Å². The van der Waals surface area contributed by atoms with Crippen LogP contribution in [0.15, 0.2) is 0 Å². The zero-order valence-electron chi connectivity index (χ0n) is 7.09. The summed E-state index contributed by atoms with van der Waals surface area (Å²) in [5, 5.41) is 0. The minimum Gasteiger partial charge on any atom is -0.201 e. The van der Waals surface area contributed by atoms with Gasteiger partial charge in [-0.05, 0) is 20.8 Å². The molecule has 0 saturated carbocycles. The summed E-state index contributed by atoms with van der Waals surface area (Å²) in [4.78, 5) is 0. The molecule has 0 bridgehead atoms. The second kappa shape index (κ2) is 2.43. The minimum atomic E-state index is -3.16. The molecule has 0 aromatic carbocycles. The van der Waals surface area contributed by atoms with Crippen molar-refractivity contribution in [3.63, 3.8) is 0 Å². The Hall–Kier alpha value is -0.130. The van der Waals surface area contributed by atoms with E-state index in [1.807, 2.05) is 20.8 Å². The lowest BCUT2D eigenvalue weighted by Gasteiger charge is -2.28. The van der Waals surface area contributed by atoms with Gasteiger partial charge in [-0.2, -0.15) is 12.7 Å². The first-order valence-corrected chi connectivity index (χ1v) is 5.05. The molecule has 0 spiro atoms. The maximum atomic E-state index is 11.2. The van der Waals surface area contributed by atoms with Crippen molar-refractivity contribution in [2.24, 2.45) is 0 Å². The van der Waals surface area contributed by atoms with Gasteiger partial charge < -0.3 is 0 Å². The molecule has 66 valence electrons. The van der Waals surface area contributed by atoms with Crippen LogP contribution in [0.2, 0.25) is 0 Å². The number of rotatable bonds is 0. The van der Waals surface area contributed by atoms with Gasteiger partial charge >= 0.3 is 0 Å². The highest BCUT2D eigenvalue weighted by Crippen LogP contribution is 2.19. The average Bonchev–Trinajstić information content (AvgIpc) is 2.06. The van der Waals surface area contributed by atoms with Gasteiger partial charge in [0.25, 0.3) is 10.2 Å². The smallest absolute Gasteiger partial charge is 0.201 e. The van der Waals surface area contributed by atoms with E-state index in [9.17, 15) is 8.42 Å². The third kappa shape index (κ3) is 1.72. The van der Waals surface area contributed by atoms with Gasteiger partial charge in [-0.25, -0.2) is 4.72 Å². The molecular weight excluding hydrogens is 164 g/mol. The predicted molar refractivity (Wildman–Crippen MR) is 43.4 cm³/mol. The highest BCUT2D eigenvalue weighted by molar-refractivity contribution is 7.87. The molecule has 0 aliphatic carbocycles. The van der Waals surface area contributed by atoms with Crippen LogP contribution in [0, 0.1) is 0 Å². The summed E-state index contributed by atoms with van der Waals surface area (Å²) in [6.07, 6.45) is 0. The van der Waals surface area contributed by atoms with E-state index in [0.29, 0.717) is 13.1 Å². The number of hydrogen-bond acceptors (Lipinski definition) is 2. The number of nitrogens with zero attached hydrogens (tertiary/aromatic N) is 1. The summed E-state index contributed by atoms with van der Waals surface area (Å²) in [5.74, 6) is 0. The molecule has 11 heavy (non-hydrogen) atoms. The van der Waals surface area contributed by atoms with Crippen LogP contribution < -0.4 is 4.72 Å². The van der Waals surface area contributed by atoms with Gasteiger partial charge in [-0.15, -0.1) is 0 Å². The molecule has 5 heteroatoms. The lowest BCUT2D eigenvalue weighted by molar-refractivity contribution is 0.271. The molecule has 1 N–H and O–H groups in total. The van der Waals surface area contributed by atoms with Crippen LogP contribution >= 0.6 is 0 Å². The summed E-state index contributed by atoms with van der Waals surface area (Å²) >= 11 is 0. The fourth-order valence-corrected chi connectivity index (χ4v) is 2.73. The Morgan fingerprint density at radius 2 is 1.91 bits per heavy atom. The molecule has 0 aromatic rings. The van der Waals surface area contributed by atoms with E-state index >= 15 is 0 Å². The van der Waals surface area contributed by atoms with Crippen molar-refractivity contribution < 1.29 is 8.42 Å². The first-order chi connectivity index (χ1) is 4.84. The van der Waals surface area contributed by atoms with Crippen molar-refractivity contribution in [3.05, 3.63) is 0 Å². The van der Waals surface area contributed by atoms with Crippen molar-refractivity contribution in [1.82, 2.24) is 9.03 Å². The summed E-state index contributed by atoms with van der Waals surface area (Å²) in [5.41, 5.74) is -0.303. The largest absolute Gasteiger partial charge is 0.280 e. The fraction of sp³-hybridized carbons (Fsp3) is 1.00. The highest BCUT2D eigenvalue weighted by atomic mass is 32.2. The molecule has 0 unspecified atom stereocenters. The van der Waals surface area contributed by atoms with Crippen LogP contribution in [0.4, 0.5) is 0 Å². The second-order valence-corrected chi connectivity index (χ2v) is 5.32. The highest BCUT2D eigenvalue weighted by Gasteiger charge is 2.36. The molecule has 0 atom stereocenters. The Morgan fingerprint density at radius 1 is 1.36 bits per heavy atom. The maximum absolute atomic E-state index is 11.2. The normalized spacial score (nSPS) is 25.7. The van der Waals surface area contributed by atoms with Crippen LogP contribution in [0.5, 0.6) is 0 Å². The molecule has 1 saturated heterocycles. The first kappa shape index (κ1) is 8.96. The van der Waals surface area contributed by atoms with Crippen molar-refractivity contribution in [2.45, 2.75) is 26.3 Å². The van der Waals surface area contributed by atoms with E-state index in [-0.39, 0.29) is 5.54 Å². The zero-order chi connectivity index (χ0) is 8.70. The Labute approximate surface area is 67.8 Å². The predicted octanol–water partition coefficient (Wildman–Crippen LogP) is -0.0651. The summed E-state index contributed by atoms with van der Waals surface area (Å²) in [7, 11) is -3.16. The molecular formula is C6H14N2O2S. The number of hydrogen-bond donors (Lipinski definition) is 1. The second-order valence-electron chi connectivity index (χ2n) is 3.64. The molecule has 1 aliphatic heterocycles. The third-order valence-corrected chi connectivity index (χ3v) is 3.52. The molecule has 4 nitrogen and oxygen atoms in total.